The minimum Gasteiger partial charge on any atom is -0.355 e. The van der Waals surface area contributed by atoms with Crippen molar-refractivity contribution in [2.24, 2.45) is 5.73 Å². The van der Waals surface area contributed by atoms with E-state index in [1.165, 1.54) is 23.9 Å². The zero-order valence-electron chi connectivity index (χ0n) is 11.2. The Hall–Kier alpha value is -1.60. The highest BCUT2D eigenvalue weighted by molar-refractivity contribution is 8.00. The van der Waals surface area contributed by atoms with Crippen LogP contribution in [0.3, 0.4) is 0 Å². The highest BCUT2D eigenvalue weighted by Gasteiger charge is 2.06. The Kier molecular flexibility index (Phi) is 7.67. The molecule has 0 aliphatic heterocycles. The smallest absolute Gasteiger partial charge is 0.269 e. The van der Waals surface area contributed by atoms with Crippen molar-refractivity contribution >= 4 is 23.4 Å². The largest absolute Gasteiger partial charge is 0.355 e. The van der Waals surface area contributed by atoms with E-state index in [1.54, 1.807) is 12.1 Å². The van der Waals surface area contributed by atoms with Gasteiger partial charge in [0.1, 0.15) is 0 Å². The second-order valence-electron chi connectivity index (χ2n) is 4.24. The molecule has 1 amide bonds. The highest BCUT2D eigenvalue weighted by atomic mass is 32.2. The number of hydrogen-bond donors (Lipinski definition) is 2. The number of non-ortho nitro benzene ring substituents is 1. The third-order valence-electron chi connectivity index (χ3n) is 2.62. The number of carbonyl (C=O) groups is 1. The molecule has 0 atom stereocenters. The number of unbranched alkanes of at least 4 members (excludes halogenated alkanes) is 2. The van der Waals surface area contributed by atoms with Crippen molar-refractivity contribution in [3.8, 4) is 0 Å². The van der Waals surface area contributed by atoms with Crippen LogP contribution in [0.25, 0.3) is 0 Å². The fourth-order valence-corrected chi connectivity index (χ4v) is 2.27. The van der Waals surface area contributed by atoms with Crippen LogP contribution in [0.2, 0.25) is 0 Å². The maximum absolute atomic E-state index is 11.6. The number of amides is 1. The van der Waals surface area contributed by atoms with Gasteiger partial charge >= 0.3 is 0 Å². The van der Waals surface area contributed by atoms with Crippen LogP contribution in [0.5, 0.6) is 0 Å². The maximum Gasteiger partial charge on any atom is 0.269 e. The van der Waals surface area contributed by atoms with E-state index in [2.05, 4.69) is 5.32 Å². The summed E-state index contributed by atoms with van der Waals surface area (Å²) in [5.41, 5.74) is 5.43. The van der Waals surface area contributed by atoms with Crippen molar-refractivity contribution < 1.29 is 9.72 Å². The topological polar surface area (TPSA) is 98.3 Å². The summed E-state index contributed by atoms with van der Waals surface area (Å²) in [6.45, 7) is 1.35. The molecule has 0 aliphatic rings. The van der Waals surface area contributed by atoms with E-state index in [-0.39, 0.29) is 11.6 Å². The molecule has 0 fully saturated rings. The minimum atomic E-state index is -0.442. The molecule has 0 heterocycles. The van der Waals surface area contributed by atoms with Gasteiger partial charge in [-0.3, -0.25) is 14.9 Å². The van der Waals surface area contributed by atoms with E-state index >= 15 is 0 Å². The number of benzene rings is 1. The van der Waals surface area contributed by atoms with Gasteiger partial charge in [-0.25, -0.2) is 0 Å². The van der Waals surface area contributed by atoms with Crippen molar-refractivity contribution in [3.05, 3.63) is 34.4 Å². The molecule has 110 valence electrons. The molecule has 0 unspecified atom stereocenters. The first-order valence-electron chi connectivity index (χ1n) is 6.47. The summed E-state index contributed by atoms with van der Waals surface area (Å²) >= 11 is 1.36. The van der Waals surface area contributed by atoms with Gasteiger partial charge in [0, 0.05) is 23.6 Å². The molecule has 7 heteroatoms. The van der Waals surface area contributed by atoms with Gasteiger partial charge in [-0.1, -0.05) is 6.42 Å². The molecule has 1 rings (SSSR count). The molecule has 0 aliphatic carbocycles. The van der Waals surface area contributed by atoms with Gasteiger partial charge in [0.15, 0.2) is 0 Å². The van der Waals surface area contributed by atoms with Gasteiger partial charge < -0.3 is 11.1 Å². The molecule has 20 heavy (non-hydrogen) atoms. The molecule has 0 bridgehead atoms. The van der Waals surface area contributed by atoms with Gasteiger partial charge in [0.05, 0.1) is 10.7 Å². The Morgan fingerprint density at radius 1 is 1.25 bits per heavy atom. The quantitative estimate of drug-likeness (QED) is 0.314. The first-order chi connectivity index (χ1) is 9.63. The molecule has 0 aromatic heterocycles. The van der Waals surface area contributed by atoms with Crippen LogP contribution >= 0.6 is 11.8 Å². The summed E-state index contributed by atoms with van der Waals surface area (Å²) in [6, 6.07) is 6.18. The standard InChI is InChI=1S/C13H19N3O3S/c14-8-2-1-3-9-15-13(17)10-20-12-6-4-11(5-7-12)16(18)19/h4-7H,1-3,8-10,14H2,(H,15,17). The summed E-state index contributed by atoms with van der Waals surface area (Å²) in [7, 11) is 0. The number of carbonyl (C=O) groups excluding carboxylic acids is 1. The number of hydrogen-bond acceptors (Lipinski definition) is 5. The normalized spacial score (nSPS) is 10.2. The number of thioether (sulfide) groups is 1. The number of nitro benzene ring substituents is 1. The molecule has 0 saturated carbocycles. The lowest BCUT2D eigenvalue weighted by molar-refractivity contribution is -0.384. The lowest BCUT2D eigenvalue weighted by Gasteiger charge is -2.05. The number of nitrogens with one attached hydrogen (secondary N) is 1. The SMILES string of the molecule is NCCCCCNC(=O)CSc1ccc([N+](=O)[O-])cc1. The molecule has 0 saturated heterocycles. The molecule has 1 aromatic carbocycles. The van der Waals surface area contributed by atoms with E-state index in [1.807, 2.05) is 0 Å². The molecule has 0 spiro atoms. The Morgan fingerprint density at radius 2 is 1.95 bits per heavy atom. The van der Waals surface area contributed by atoms with Crippen LogP contribution in [-0.4, -0.2) is 29.7 Å². The average Bonchev–Trinajstić information content (AvgIpc) is 2.45. The Labute approximate surface area is 122 Å². The van der Waals surface area contributed by atoms with Crippen molar-refractivity contribution in [3.63, 3.8) is 0 Å². The van der Waals surface area contributed by atoms with Gasteiger partial charge in [-0.05, 0) is 31.5 Å². The molecular formula is C13H19N3O3S. The van der Waals surface area contributed by atoms with Crippen molar-refractivity contribution in [1.29, 1.82) is 0 Å². The predicted octanol–water partition coefficient (Wildman–Crippen LogP) is 1.93. The van der Waals surface area contributed by atoms with E-state index in [0.717, 1.165) is 24.2 Å². The second kappa shape index (κ2) is 9.33. The van der Waals surface area contributed by atoms with Crippen LogP contribution in [0.4, 0.5) is 5.69 Å². The highest BCUT2D eigenvalue weighted by Crippen LogP contribution is 2.20. The lowest BCUT2D eigenvalue weighted by atomic mass is 10.2. The first kappa shape index (κ1) is 16.5. The minimum absolute atomic E-state index is 0.0268. The molecule has 1 aromatic rings. The molecule has 6 nitrogen and oxygen atoms in total. The predicted molar refractivity (Wildman–Crippen MR) is 79.7 cm³/mol. The van der Waals surface area contributed by atoms with Crippen LogP contribution in [0.1, 0.15) is 19.3 Å². The van der Waals surface area contributed by atoms with Gasteiger partial charge in [-0.2, -0.15) is 0 Å². The van der Waals surface area contributed by atoms with Crippen LogP contribution in [0, 0.1) is 10.1 Å². The first-order valence-corrected chi connectivity index (χ1v) is 7.46. The third-order valence-corrected chi connectivity index (χ3v) is 3.63. The van der Waals surface area contributed by atoms with Crippen LogP contribution in [-0.2, 0) is 4.79 Å². The van der Waals surface area contributed by atoms with Gasteiger partial charge in [-0.15, -0.1) is 11.8 Å². The van der Waals surface area contributed by atoms with E-state index < -0.39 is 4.92 Å². The molecule has 3 N–H and O–H groups in total. The zero-order valence-corrected chi connectivity index (χ0v) is 12.0. The third kappa shape index (κ3) is 6.53. The van der Waals surface area contributed by atoms with Crippen molar-refractivity contribution in [2.75, 3.05) is 18.8 Å². The second-order valence-corrected chi connectivity index (χ2v) is 5.29. The molecular weight excluding hydrogens is 278 g/mol. The Balaban J connectivity index is 2.22. The number of nitrogens with zero attached hydrogens (tertiary/aromatic N) is 1. The number of rotatable bonds is 9. The maximum atomic E-state index is 11.6. The van der Waals surface area contributed by atoms with E-state index in [4.69, 9.17) is 5.73 Å². The van der Waals surface area contributed by atoms with Crippen LogP contribution < -0.4 is 11.1 Å². The Bertz CT molecular complexity index is 437. The van der Waals surface area contributed by atoms with E-state index in [9.17, 15) is 14.9 Å². The van der Waals surface area contributed by atoms with Gasteiger partial charge in [0.25, 0.3) is 5.69 Å². The summed E-state index contributed by atoms with van der Waals surface area (Å²) in [4.78, 5) is 22.5. The monoisotopic (exact) mass is 297 g/mol. The summed E-state index contributed by atoms with van der Waals surface area (Å²) in [5, 5.41) is 13.3. The van der Waals surface area contributed by atoms with Crippen molar-refractivity contribution in [1.82, 2.24) is 5.32 Å². The average molecular weight is 297 g/mol. The Morgan fingerprint density at radius 3 is 2.55 bits per heavy atom. The number of nitro groups is 1. The fourth-order valence-electron chi connectivity index (χ4n) is 1.54. The van der Waals surface area contributed by atoms with Crippen LogP contribution in [0.15, 0.2) is 29.2 Å². The fraction of sp³-hybridized carbons (Fsp3) is 0.462. The lowest BCUT2D eigenvalue weighted by Crippen LogP contribution is -2.26. The summed E-state index contributed by atoms with van der Waals surface area (Å²) in [5.74, 6) is 0.287. The van der Waals surface area contributed by atoms with Crippen molar-refractivity contribution in [2.45, 2.75) is 24.2 Å². The summed E-state index contributed by atoms with van der Waals surface area (Å²) in [6.07, 6.45) is 2.94. The molecule has 0 radical (unpaired) electrons. The van der Waals surface area contributed by atoms with Gasteiger partial charge in [0.2, 0.25) is 5.91 Å². The number of nitrogens with two attached hydrogens (primary N) is 1. The summed E-state index contributed by atoms with van der Waals surface area (Å²) < 4.78 is 0. The zero-order chi connectivity index (χ0) is 14.8. The van der Waals surface area contributed by atoms with E-state index in [0.29, 0.717) is 18.8 Å².